The third-order valence-electron chi connectivity index (χ3n) is 3.63. The second-order valence-electron chi connectivity index (χ2n) is 5.28. The highest BCUT2D eigenvalue weighted by Gasteiger charge is 2.14. The van der Waals surface area contributed by atoms with Crippen molar-refractivity contribution < 1.29 is 4.79 Å². The van der Waals surface area contributed by atoms with E-state index in [1.165, 1.54) is 11.1 Å². The normalized spacial score (nSPS) is 12.0. The Morgan fingerprint density at radius 2 is 1.90 bits per heavy atom. The summed E-state index contributed by atoms with van der Waals surface area (Å²) in [5, 5.41) is 2.90. The van der Waals surface area contributed by atoms with Crippen molar-refractivity contribution in [3.63, 3.8) is 0 Å². The number of carbonyl (C=O) groups is 1. The van der Waals surface area contributed by atoms with Gasteiger partial charge in [0.25, 0.3) is 0 Å². The van der Waals surface area contributed by atoms with E-state index in [1.807, 2.05) is 48.5 Å². The molecule has 0 aliphatic heterocycles. The van der Waals surface area contributed by atoms with Crippen LogP contribution in [0.25, 0.3) is 0 Å². The second kappa shape index (κ2) is 7.04. The smallest absolute Gasteiger partial charge is 0.241 e. The van der Waals surface area contributed by atoms with Gasteiger partial charge in [0, 0.05) is 5.69 Å². The molecule has 0 aromatic heterocycles. The van der Waals surface area contributed by atoms with Crippen molar-refractivity contribution >= 4 is 11.6 Å². The van der Waals surface area contributed by atoms with Crippen LogP contribution in [0.2, 0.25) is 0 Å². The van der Waals surface area contributed by atoms with Crippen LogP contribution < -0.4 is 11.1 Å². The van der Waals surface area contributed by atoms with Gasteiger partial charge in [0.05, 0.1) is 6.04 Å². The van der Waals surface area contributed by atoms with Gasteiger partial charge in [0.2, 0.25) is 5.91 Å². The van der Waals surface area contributed by atoms with E-state index in [0.29, 0.717) is 6.42 Å². The number of benzene rings is 2. The van der Waals surface area contributed by atoms with Gasteiger partial charge in [0.1, 0.15) is 0 Å². The molecule has 21 heavy (non-hydrogen) atoms. The summed E-state index contributed by atoms with van der Waals surface area (Å²) in [6.45, 7) is 4.18. The molecule has 1 amide bonds. The molecule has 0 heterocycles. The van der Waals surface area contributed by atoms with Crippen LogP contribution in [0.3, 0.4) is 0 Å². The summed E-state index contributed by atoms with van der Waals surface area (Å²) < 4.78 is 0. The molecule has 0 fully saturated rings. The number of hydrogen-bond acceptors (Lipinski definition) is 2. The minimum atomic E-state index is -0.543. The molecular formula is C18H22N2O. The van der Waals surface area contributed by atoms with Gasteiger partial charge in [-0.1, -0.05) is 43.3 Å². The Kier molecular flexibility index (Phi) is 5.12. The van der Waals surface area contributed by atoms with E-state index in [-0.39, 0.29) is 5.91 Å². The number of nitrogens with one attached hydrogen (secondary N) is 1. The highest BCUT2D eigenvalue weighted by molar-refractivity contribution is 5.94. The molecule has 3 heteroatoms. The van der Waals surface area contributed by atoms with Gasteiger partial charge in [0.15, 0.2) is 0 Å². The Balaban J connectivity index is 2.00. The number of amides is 1. The Morgan fingerprint density at radius 3 is 2.57 bits per heavy atom. The van der Waals surface area contributed by atoms with E-state index in [4.69, 9.17) is 5.73 Å². The molecule has 2 aromatic rings. The van der Waals surface area contributed by atoms with Gasteiger partial charge < -0.3 is 11.1 Å². The predicted octanol–water partition coefficient (Wildman–Crippen LogP) is 3.07. The number of carbonyl (C=O) groups excluding carboxylic acids is 1. The third kappa shape index (κ3) is 4.17. The van der Waals surface area contributed by atoms with Crippen molar-refractivity contribution in [3.8, 4) is 0 Å². The molecule has 0 aliphatic carbocycles. The highest BCUT2D eigenvalue weighted by Crippen LogP contribution is 2.16. The summed E-state index contributed by atoms with van der Waals surface area (Å²) in [4.78, 5) is 12.2. The van der Waals surface area contributed by atoms with E-state index < -0.39 is 6.04 Å². The minimum Gasteiger partial charge on any atom is -0.325 e. The molecule has 1 atom stereocenters. The van der Waals surface area contributed by atoms with Crippen LogP contribution in [0.15, 0.2) is 48.5 Å². The largest absolute Gasteiger partial charge is 0.325 e. The molecule has 0 bridgehead atoms. The summed E-state index contributed by atoms with van der Waals surface area (Å²) in [5.41, 5.74) is 10.3. The number of hydrogen-bond donors (Lipinski definition) is 2. The van der Waals surface area contributed by atoms with E-state index in [2.05, 4.69) is 19.2 Å². The maximum atomic E-state index is 12.2. The first-order chi connectivity index (χ1) is 10.1. The molecule has 0 unspecified atom stereocenters. The summed E-state index contributed by atoms with van der Waals surface area (Å²) >= 11 is 0. The topological polar surface area (TPSA) is 55.1 Å². The lowest BCUT2D eigenvalue weighted by Gasteiger charge is -2.13. The van der Waals surface area contributed by atoms with Crippen LogP contribution in [0, 0.1) is 6.92 Å². The number of nitrogens with two attached hydrogens (primary N) is 1. The molecule has 0 saturated heterocycles. The molecule has 2 rings (SSSR count). The molecule has 0 saturated carbocycles. The molecule has 3 nitrogen and oxygen atoms in total. The summed E-state index contributed by atoms with van der Waals surface area (Å²) in [5.74, 6) is -0.148. The number of anilines is 1. The van der Waals surface area contributed by atoms with Crippen LogP contribution in [0.4, 0.5) is 5.69 Å². The Bertz CT molecular complexity index is 608. The van der Waals surface area contributed by atoms with Crippen molar-refractivity contribution in [2.24, 2.45) is 5.73 Å². The van der Waals surface area contributed by atoms with Crippen LogP contribution >= 0.6 is 0 Å². The molecule has 0 aliphatic rings. The van der Waals surface area contributed by atoms with Crippen LogP contribution in [0.1, 0.15) is 23.6 Å². The quantitative estimate of drug-likeness (QED) is 0.885. The van der Waals surface area contributed by atoms with Gasteiger partial charge in [-0.05, 0) is 48.6 Å². The lowest BCUT2D eigenvalue weighted by molar-refractivity contribution is -0.117. The van der Waals surface area contributed by atoms with Crippen LogP contribution in [-0.4, -0.2) is 11.9 Å². The first-order valence-electron chi connectivity index (χ1n) is 7.30. The standard InChI is InChI=1S/C18H22N2O/c1-3-15-12-16(10-9-13(15)2)20-18(21)17(19)11-14-7-5-4-6-8-14/h4-10,12,17H,3,11,19H2,1-2H3,(H,20,21)/t17-/m0/s1. The number of aryl methyl sites for hydroxylation is 2. The molecule has 2 aromatic carbocycles. The van der Waals surface area contributed by atoms with Gasteiger partial charge >= 0.3 is 0 Å². The minimum absolute atomic E-state index is 0.148. The average molecular weight is 282 g/mol. The molecule has 110 valence electrons. The zero-order valence-electron chi connectivity index (χ0n) is 12.6. The zero-order valence-corrected chi connectivity index (χ0v) is 12.6. The van der Waals surface area contributed by atoms with Crippen molar-refractivity contribution in [1.29, 1.82) is 0 Å². The Morgan fingerprint density at radius 1 is 1.19 bits per heavy atom. The highest BCUT2D eigenvalue weighted by atomic mass is 16.2. The summed E-state index contributed by atoms with van der Waals surface area (Å²) in [6, 6.07) is 15.2. The van der Waals surface area contributed by atoms with Gasteiger partial charge in [-0.25, -0.2) is 0 Å². The van der Waals surface area contributed by atoms with Crippen LogP contribution in [0.5, 0.6) is 0 Å². The Hall–Kier alpha value is -2.13. The molecule has 0 radical (unpaired) electrons. The van der Waals surface area contributed by atoms with E-state index in [1.54, 1.807) is 0 Å². The third-order valence-corrected chi connectivity index (χ3v) is 3.63. The van der Waals surface area contributed by atoms with Gasteiger partial charge in [-0.3, -0.25) is 4.79 Å². The fourth-order valence-corrected chi connectivity index (χ4v) is 2.33. The second-order valence-corrected chi connectivity index (χ2v) is 5.28. The maximum absolute atomic E-state index is 12.2. The van der Waals surface area contributed by atoms with Gasteiger partial charge in [-0.2, -0.15) is 0 Å². The fourth-order valence-electron chi connectivity index (χ4n) is 2.33. The van der Waals surface area contributed by atoms with Crippen molar-refractivity contribution in [2.45, 2.75) is 32.7 Å². The fraction of sp³-hybridized carbons (Fsp3) is 0.278. The lowest BCUT2D eigenvalue weighted by atomic mass is 10.0. The SMILES string of the molecule is CCc1cc(NC(=O)[C@@H](N)Cc2ccccc2)ccc1C. The predicted molar refractivity (Wildman–Crippen MR) is 87.3 cm³/mol. The van der Waals surface area contributed by atoms with Crippen LogP contribution in [-0.2, 0) is 17.6 Å². The Labute approximate surface area is 126 Å². The van der Waals surface area contributed by atoms with E-state index >= 15 is 0 Å². The van der Waals surface area contributed by atoms with Crippen molar-refractivity contribution in [3.05, 3.63) is 65.2 Å². The zero-order chi connectivity index (χ0) is 15.2. The van der Waals surface area contributed by atoms with E-state index in [9.17, 15) is 4.79 Å². The lowest BCUT2D eigenvalue weighted by Crippen LogP contribution is -2.37. The number of rotatable bonds is 5. The monoisotopic (exact) mass is 282 g/mol. The average Bonchev–Trinajstić information content (AvgIpc) is 2.50. The first kappa shape index (κ1) is 15.3. The summed E-state index contributed by atoms with van der Waals surface area (Å²) in [6.07, 6.45) is 1.49. The van der Waals surface area contributed by atoms with E-state index in [0.717, 1.165) is 17.7 Å². The molecule has 3 N–H and O–H groups in total. The maximum Gasteiger partial charge on any atom is 0.241 e. The molecular weight excluding hydrogens is 260 g/mol. The first-order valence-corrected chi connectivity index (χ1v) is 7.30. The van der Waals surface area contributed by atoms with Crippen molar-refractivity contribution in [2.75, 3.05) is 5.32 Å². The van der Waals surface area contributed by atoms with Gasteiger partial charge in [-0.15, -0.1) is 0 Å². The summed E-state index contributed by atoms with van der Waals surface area (Å²) in [7, 11) is 0. The van der Waals surface area contributed by atoms with Crippen molar-refractivity contribution in [1.82, 2.24) is 0 Å². The molecule has 0 spiro atoms.